The average Bonchev–Trinajstić information content (AvgIpc) is 2.36. The summed E-state index contributed by atoms with van der Waals surface area (Å²) in [7, 11) is 0. The van der Waals surface area contributed by atoms with Crippen LogP contribution in [-0.2, 0) is 0 Å². The molecule has 0 amide bonds. The maximum absolute atomic E-state index is 12.2. The highest BCUT2D eigenvalue weighted by Crippen LogP contribution is 2.20. The van der Waals surface area contributed by atoms with Gasteiger partial charge in [-0.25, -0.2) is 0 Å². The Bertz CT molecular complexity index is 792. The lowest BCUT2D eigenvalue weighted by Crippen LogP contribution is -2.16. The topological polar surface area (TPSA) is 48.0 Å². The first-order valence-electron chi connectivity index (χ1n) is 5.16. The van der Waals surface area contributed by atoms with Gasteiger partial charge in [-0.15, -0.1) is 0 Å². The van der Waals surface area contributed by atoms with Gasteiger partial charge in [0.05, 0.1) is 11.0 Å². The van der Waals surface area contributed by atoms with Gasteiger partial charge in [0.25, 0.3) is 0 Å². The molecule has 0 bridgehead atoms. The zero-order valence-electron chi connectivity index (χ0n) is 8.85. The fourth-order valence-electron chi connectivity index (χ4n) is 2.05. The Hall–Kier alpha value is -2.00. The highest BCUT2D eigenvalue weighted by Gasteiger charge is 2.08. The van der Waals surface area contributed by atoms with Gasteiger partial charge in [-0.1, -0.05) is 23.7 Å². The molecule has 2 N–H and O–H groups in total. The zero-order chi connectivity index (χ0) is 12.0. The molecule has 0 unspecified atom stereocenters. The number of hydrogen-bond donors (Lipinski definition) is 1. The van der Waals surface area contributed by atoms with Crippen molar-refractivity contribution in [2.45, 2.75) is 0 Å². The number of para-hydroxylation sites is 1. The Morgan fingerprint density at radius 2 is 1.71 bits per heavy atom. The second kappa shape index (κ2) is 3.50. The van der Waals surface area contributed by atoms with Gasteiger partial charge in [0.15, 0.2) is 5.43 Å². The molecule has 1 heterocycles. The molecular weight excluding hydrogens is 236 g/mol. The van der Waals surface area contributed by atoms with E-state index in [0.717, 1.165) is 0 Å². The van der Waals surface area contributed by atoms with Crippen molar-refractivity contribution in [3.05, 3.63) is 57.7 Å². The molecule has 0 atom stereocenters. The summed E-state index contributed by atoms with van der Waals surface area (Å²) in [6, 6.07) is 12.4. The summed E-state index contributed by atoms with van der Waals surface area (Å²) < 4.78 is 1.50. The molecule has 1 aromatic heterocycles. The summed E-state index contributed by atoms with van der Waals surface area (Å²) in [5.41, 5.74) is 1.32. The van der Waals surface area contributed by atoms with Gasteiger partial charge in [-0.3, -0.25) is 9.47 Å². The van der Waals surface area contributed by atoms with Crippen molar-refractivity contribution < 1.29 is 0 Å². The number of nitrogens with two attached hydrogens (primary N) is 1. The van der Waals surface area contributed by atoms with E-state index in [4.69, 9.17) is 17.4 Å². The van der Waals surface area contributed by atoms with E-state index in [9.17, 15) is 4.79 Å². The Morgan fingerprint density at radius 1 is 1.00 bits per heavy atom. The minimum atomic E-state index is -0.0195. The van der Waals surface area contributed by atoms with Gasteiger partial charge < -0.3 is 5.84 Å². The van der Waals surface area contributed by atoms with Crippen LogP contribution in [0.1, 0.15) is 0 Å². The van der Waals surface area contributed by atoms with Crippen LogP contribution < -0.4 is 11.3 Å². The maximum atomic E-state index is 12.2. The lowest BCUT2D eigenvalue weighted by atomic mass is 10.1. The monoisotopic (exact) mass is 244 g/mol. The van der Waals surface area contributed by atoms with E-state index >= 15 is 0 Å². The first-order valence-corrected chi connectivity index (χ1v) is 5.54. The Kier molecular flexibility index (Phi) is 2.09. The second-order valence-corrected chi connectivity index (χ2v) is 4.31. The first kappa shape index (κ1) is 10.2. The van der Waals surface area contributed by atoms with E-state index < -0.39 is 0 Å². The Labute approximate surface area is 102 Å². The molecule has 0 spiro atoms. The summed E-state index contributed by atoms with van der Waals surface area (Å²) in [6.45, 7) is 0. The predicted molar refractivity (Wildman–Crippen MR) is 70.9 cm³/mol. The third-order valence-corrected chi connectivity index (χ3v) is 3.11. The highest BCUT2D eigenvalue weighted by atomic mass is 35.5. The summed E-state index contributed by atoms with van der Waals surface area (Å²) in [4.78, 5) is 12.2. The molecule has 2 aromatic carbocycles. The number of aromatic nitrogens is 1. The fourth-order valence-corrected chi connectivity index (χ4v) is 2.21. The van der Waals surface area contributed by atoms with Gasteiger partial charge in [0.2, 0.25) is 0 Å². The number of hydrogen-bond acceptors (Lipinski definition) is 2. The lowest BCUT2D eigenvalue weighted by Gasteiger charge is -2.09. The molecule has 84 valence electrons. The second-order valence-electron chi connectivity index (χ2n) is 3.88. The maximum Gasteiger partial charge on any atom is 0.197 e. The van der Waals surface area contributed by atoms with Gasteiger partial charge in [0, 0.05) is 15.8 Å². The molecule has 0 fully saturated rings. The number of rotatable bonds is 0. The summed E-state index contributed by atoms with van der Waals surface area (Å²) >= 11 is 5.92. The third kappa shape index (κ3) is 1.40. The molecule has 3 nitrogen and oxygen atoms in total. The number of nitrogen functional groups attached to an aromatic ring is 1. The van der Waals surface area contributed by atoms with Crippen LogP contribution in [0.5, 0.6) is 0 Å². The van der Waals surface area contributed by atoms with Crippen LogP contribution in [0.3, 0.4) is 0 Å². The van der Waals surface area contributed by atoms with Crippen LogP contribution >= 0.6 is 11.6 Å². The van der Waals surface area contributed by atoms with Crippen LogP contribution in [0.2, 0.25) is 5.02 Å². The predicted octanol–water partition coefficient (Wildman–Crippen LogP) is 2.52. The van der Waals surface area contributed by atoms with Gasteiger partial charge in [0.1, 0.15) is 0 Å². The SMILES string of the molecule is Nn1c2ccccc2c(=O)c2ccc(Cl)cc21. The van der Waals surface area contributed by atoms with Crippen LogP contribution in [0.25, 0.3) is 21.8 Å². The molecule has 0 saturated carbocycles. The Balaban J connectivity index is 2.68. The standard InChI is InChI=1S/C13H9ClN2O/c14-8-5-6-10-12(7-8)16(15)11-4-2-1-3-9(11)13(10)17/h1-7H,15H2. The minimum absolute atomic E-state index is 0.0195. The molecule has 0 aliphatic rings. The average molecular weight is 245 g/mol. The molecule has 0 saturated heterocycles. The molecule has 3 rings (SSSR count). The molecular formula is C13H9ClN2O. The Morgan fingerprint density at radius 3 is 2.53 bits per heavy atom. The van der Waals surface area contributed by atoms with Crippen molar-refractivity contribution in [1.82, 2.24) is 4.68 Å². The normalized spacial score (nSPS) is 11.1. The molecule has 0 aliphatic carbocycles. The number of halogens is 1. The number of nitrogens with zero attached hydrogens (tertiary/aromatic N) is 1. The summed E-state index contributed by atoms with van der Waals surface area (Å²) in [5, 5.41) is 1.76. The summed E-state index contributed by atoms with van der Waals surface area (Å²) in [6.07, 6.45) is 0. The molecule has 4 heteroatoms. The lowest BCUT2D eigenvalue weighted by molar-refractivity contribution is 1.10. The van der Waals surface area contributed by atoms with Crippen LogP contribution in [-0.4, -0.2) is 4.68 Å². The van der Waals surface area contributed by atoms with E-state index in [0.29, 0.717) is 26.8 Å². The number of pyridine rings is 1. The molecule has 0 radical (unpaired) electrons. The number of fused-ring (bicyclic) bond motifs is 2. The highest BCUT2D eigenvalue weighted by molar-refractivity contribution is 6.31. The van der Waals surface area contributed by atoms with E-state index in [2.05, 4.69) is 0 Å². The fraction of sp³-hybridized carbons (Fsp3) is 0. The zero-order valence-corrected chi connectivity index (χ0v) is 9.61. The smallest absolute Gasteiger partial charge is 0.197 e. The third-order valence-electron chi connectivity index (χ3n) is 2.87. The largest absolute Gasteiger partial charge is 0.339 e. The van der Waals surface area contributed by atoms with Crippen molar-refractivity contribution in [2.75, 3.05) is 5.84 Å². The van der Waals surface area contributed by atoms with Crippen LogP contribution in [0.4, 0.5) is 0 Å². The number of benzene rings is 2. The molecule has 3 aromatic rings. The van der Waals surface area contributed by atoms with Crippen molar-refractivity contribution in [3.63, 3.8) is 0 Å². The quantitative estimate of drug-likeness (QED) is 0.488. The van der Waals surface area contributed by atoms with Crippen molar-refractivity contribution in [3.8, 4) is 0 Å². The van der Waals surface area contributed by atoms with Crippen LogP contribution in [0.15, 0.2) is 47.3 Å². The van der Waals surface area contributed by atoms with E-state index in [1.807, 2.05) is 18.2 Å². The van der Waals surface area contributed by atoms with Crippen molar-refractivity contribution >= 4 is 33.4 Å². The minimum Gasteiger partial charge on any atom is -0.339 e. The summed E-state index contributed by atoms with van der Waals surface area (Å²) in [5.74, 6) is 6.01. The van der Waals surface area contributed by atoms with Crippen LogP contribution in [0, 0.1) is 0 Å². The van der Waals surface area contributed by atoms with Gasteiger partial charge >= 0.3 is 0 Å². The van der Waals surface area contributed by atoms with E-state index in [-0.39, 0.29) is 5.43 Å². The van der Waals surface area contributed by atoms with E-state index in [1.54, 1.807) is 24.3 Å². The van der Waals surface area contributed by atoms with Gasteiger partial charge in [-0.2, -0.15) is 0 Å². The molecule has 0 aliphatic heterocycles. The van der Waals surface area contributed by atoms with Gasteiger partial charge in [-0.05, 0) is 30.3 Å². The van der Waals surface area contributed by atoms with Crippen molar-refractivity contribution in [2.24, 2.45) is 0 Å². The first-order chi connectivity index (χ1) is 8.18. The van der Waals surface area contributed by atoms with Crippen molar-refractivity contribution in [1.29, 1.82) is 0 Å². The molecule has 17 heavy (non-hydrogen) atoms. The van der Waals surface area contributed by atoms with E-state index in [1.165, 1.54) is 4.68 Å².